The van der Waals surface area contributed by atoms with Gasteiger partial charge in [0.15, 0.2) is 5.96 Å². The Morgan fingerprint density at radius 2 is 2.15 bits per heavy atom. The van der Waals surface area contributed by atoms with E-state index in [1.807, 2.05) is 45.0 Å². The first-order valence-electron chi connectivity index (χ1n) is 8.99. The van der Waals surface area contributed by atoms with Crippen LogP contribution in [0.3, 0.4) is 0 Å². The van der Waals surface area contributed by atoms with Crippen molar-refractivity contribution in [1.82, 2.24) is 4.90 Å². The van der Waals surface area contributed by atoms with Crippen molar-refractivity contribution in [3.8, 4) is 5.75 Å². The van der Waals surface area contributed by atoms with E-state index >= 15 is 0 Å². The van der Waals surface area contributed by atoms with Crippen LogP contribution in [-0.4, -0.2) is 48.8 Å². The number of anilines is 1. The van der Waals surface area contributed by atoms with Crippen LogP contribution >= 0.6 is 0 Å². The predicted octanol–water partition coefficient (Wildman–Crippen LogP) is 3.21. The third-order valence-corrected chi connectivity index (χ3v) is 4.07. The molecule has 1 aliphatic heterocycles. The summed E-state index contributed by atoms with van der Waals surface area (Å²) in [4.78, 5) is 18.6. The zero-order valence-corrected chi connectivity index (χ0v) is 16.1. The van der Waals surface area contributed by atoms with Crippen LogP contribution in [0.15, 0.2) is 29.3 Å². The molecule has 1 amide bonds. The van der Waals surface area contributed by atoms with Crippen molar-refractivity contribution in [2.75, 3.05) is 25.5 Å². The van der Waals surface area contributed by atoms with Gasteiger partial charge in [-0.15, -0.1) is 0 Å². The molecular weight excluding hydrogens is 332 g/mol. The first-order valence-corrected chi connectivity index (χ1v) is 8.99. The number of carbonyl (C=O) groups excluding carboxylic acids is 1. The van der Waals surface area contributed by atoms with Gasteiger partial charge in [0, 0.05) is 18.3 Å². The first kappa shape index (κ1) is 19.9. The van der Waals surface area contributed by atoms with Crippen molar-refractivity contribution in [2.24, 2.45) is 10.7 Å². The molecule has 0 bridgehead atoms. The Balaban J connectivity index is 1.97. The highest BCUT2D eigenvalue weighted by Crippen LogP contribution is 2.21. The van der Waals surface area contributed by atoms with Crippen LogP contribution in [0.1, 0.15) is 40.0 Å². The summed E-state index contributed by atoms with van der Waals surface area (Å²) in [5.41, 5.74) is 6.30. The summed E-state index contributed by atoms with van der Waals surface area (Å²) in [5.74, 6) is 1.05. The van der Waals surface area contributed by atoms with E-state index < -0.39 is 5.60 Å². The van der Waals surface area contributed by atoms with Gasteiger partial charge in [0.25, 0.3) is 0 Å². The van der Waals surface area contributed by atoms with Crippen molar-refractivity contribution >= 4 is 17.7 Å². The highest BCUT2D eigenvalue weighted by atomic mass is 16.6. The highest BCUT2D eigenvalue weighted by Gasteiger charge is 2.30. The normalized spacial score (nSPS) is 18.4. The molecule has 1 atom stereocenters. The Kier molecular flexibility index (Phi) is 6.71. The van der Waals surface area contributed by atoms with Crippen molar-refractivity contribution in [3.63, 3.8) is 0 Å². The standard InChI is InChI=1S/C19H30N4O3/c1-19(2,3)26-18(24)23-11-6-5-9-15(23)13-21-17(20)22-14-8-7-10-16(12-14)25-4/h7-8,10,12,15H,5-6,9,11,13H2,1-4H3,(H3,20,21,22). The number of piperidine rings is 1. The van der Waals surface area contributed by atoms with Crippen LogP contribution in [0.2, 0.25) is 0 Å². The van der Waals surface area contributed by atoms with Crippen LogP contribution < -0.4 is 15.8 Å². The van der Waals surface area contributed by atoms with E-state index in [4.69, 9.17) is 15.2 Å². The van der Waals surface area contributed by atoms with Gasteiger partial charge in [-0.25, -0.2) is 4.79 Å². The number of hydrogen-bond acceptors (Lipinski definition) is 4. The molecule has 1 aliphatic rings. The molecule has 1 heterocycles. The molecule has 3 N–H and O–H groups in total. The SMILES string of the molecule is COc1cccc(NC(N)=NCC2CCCCN2C(=O)OC(C)(C)C)c1. The fourth-order valence-corrected chi connectivity index (χ4v) is 2.84. The van der Waals surface area contributed by atoms with Crippen molar-refractivity contribution < 1.29 is 14.3 Å². The molecule has 0 aromatic heterocycles. The molecular formula is C19H30N4O3. The molecule has 1 aromatic rings. The minimum absolute atomic E-state index is 0.00394. The number of nitrogens with two attached hydrogens (primary N) is 1. The Morgan fingerprint density at radius 1 is 1.38 bits per heavy atom. The number of ether oxygens (including phenoxy) is 2. The van der Waals surface area contributed by atoms with E-state index in [1.165, 1.54) is 0 Å². The maximum absolute atomic E-state index is 12.4. The monoisotopic (exact) mass is 362 g/mol. The van der Waals surface area contributed by atoms with Crippen LogP contribution in [-0.2, 0) is 4.74 Å². The van der Waals surface area contributed by atoms with Gasteiger partial charge in [-0.2, -0.15) is 0 Å². The lowest BCUT2D eigenvalue weighted by Gasteiger charge is -2.36. The van der Waals surface area contributed by atoms with Crippen LogP contribution in [0.5, 0.6) is 5.75 Å². The van der Waals surface area contributed by atoms with E-state index in [2.05, 4.69) is 10.3 Å². The molecule has 0 spiro atoms. The van der Waals surface area contributed by atoms with Crippen LogP contribution in [0.25, 0.3) is 0 Å². The van der Waals surface area contributed by atoms with E-state index in [-0.39, 0.29) is 12.1 Å². The Labute approximate surface area is 155 Å². The van der Waals surface area contributed by atoms with Crippen molar-refractivity contribution in [1.29, 1.82) is 0 Å². The Bertz CT molecular complexity index is 640. The molecule has 1 aromatic carbocycles. The number of benzene rings is 1. The predicted molar refractivity (Wildman–Crippen MR) is 104 cm³/mol. The summed E-state index contributed by atoms with van der Waals surface area (Å²) in [7, 11) is 1.62. The summed E-state index contributed by atoms with van der Waals surface area (Å²) in [6.07, 6.45) is 2.67. The number of guanidine groups is 1. The largest absolute Gasteiger partial charge is 0.497 e. The molecule has 1 saturated heterocycles. The van der Waals surface area contributed by atoms with Gasteiger partial charge in [-0.3, -0.25) is 4.99 Å². The second-order valence-electron chi connectivity index (χ2n) is 7.41. The van der Waals surface area contributed by atoms with Gasteiger partial charge < -0.3 is 25.4 Å². The maximum atomic E-state index is 12.4. The van der Waals surface area contributed by atoms with E-state index in [9.17, 15) is 4.79 Å². The minimum Gasteiger partial charge on any atom is -0.497 e. The summed E-state index contributed by atoms with van der Waals surface area (Å²) < 4.78 is 10.7. The lowest BCUT2D eigenvalue weighted by Crippen LogP contribution is -2.47. The Hall–Kier alpha value is -2.44. The molecule has 7 heteroatoms. The highest BCUT2D eigenvalue weighted by molar-refractivity contribution is 5.92. The molecule has 2 rings (SSSR count). The average molecular weight is 362 g/mol. The zero-order valence-electron chi connectivity index (χ0n) is 16.1. The first-order chi connectivity index (χ1) is 12.3. The molecule has 1 unspecified atom stereocenters. The number of amides is 1. The molecule has 0 aliphatic carbocycles. The smallest absolute Gasteiger partial charge is 0.410 e. The quantitative estimate of drug-likeness (QED) is 0.634. The van der Waals surface area contributed by atoms with Crippen LogP contribution in [0, 0.1) is 0 Å². The summed E-state index contributed by atoms with van der Waals surface area (Å²) >= 11 is 0. The van der Waals surface area contributed by atoms with Gasteiger partial charge >= 0.3 is 6.09 Å². The zero-order chi connectivity index (χ0) is 19.2. The number of methoxy groups -OCH3 is 1. The molecule has 7 nitrogen and oxygen atoms in total. The van der Waals surface area contributed by atoms with Crippen molar-refractivity contribution in [3.05, 3.63) is 24.3 Å². The van der Waals surface area contributed by atoms with Crippen LogP contribution in [0.4, 0.5) is 10.5 Å². The van der Waals surface area contributed by atoms with Gasteiger partial charge in [-0.1, -0.05) is 6.07 Å². The molecule has 1 fully saturated rings. The second kappa shape index (κ2) is 8.78. The number of hydrogen-bond donors (Lipinski definition) is 2. The summed E-state index contributed by atoms with van der Waals surface area (Å²) in [5, 5.41) is 3.05. The number of nitrogens with zero attached hydrogens (tertiary/aromatic N) is 2. The van der Waals surface area contributed by atoms with E-state index in [1.54, 1.807) is 12.0 Å². The maximum Gasteiger partial charge on any atom is 0.410 e. The van der Waals surface area contributed by atoms with Gasteiger partial charge in [0.2, 0.25) is 0 Å². The summed E-state index contributed by atoms with van der Waals surface area (Å²) in [6, 6.07) is 7.47. The lowest BCUT2D eigenvalue weighted by molar-refractivity contribution is 0.0110. The van der Waals surface area contributed by atoms with Crippen molar-refractivity contribution in [2.45, 2.75) is 51.7 Å². The fraction of sp³-hybridized carbons (Fsp3) is 0.579. The number of aliphatic imine (C=N–C) groups is 1. The number of rotatable bonds is 4. The third kappa shape index (κ3) is 6.13. The van der Waals surface area contributed by atoms with Gasteiger partial charge in [0.1, 0.15) is 11.4 Å². The molecule has 0 saturated carbocycles. The minimum atomic E-state index is -0.505. The number of nitrogens with one attached hydrogen (secondary N) is 1. The average Bonchev–Trinajstić information content (AvgIpc) is 2.59. The molecule has 0 radical (unpaired) electrons. The fourth-order valence-electron chi connectivity index (χ4n) is 2.84. The third-order valence-electron chi connectivity index (χ3n) is 4.07. The van der Waals surface area contributed by atoms with E-state index in [0.717, 1.165) is 30.7 Å². The van der Waals surface area contributed by atoms with Gasteiger partial charge in [-0.05, 0) is 52.2 Å². The molecule has 144 valence electrons. The number of likely N-dealkylation sites (tertiary alicyclic amines) is 1. The molecule has 26 heavy (non-hydrogen) atoms. The van der Waals surface area contributed by atoms with E-state index in [0.29, 0.717) is 19.0 Å². The number of carbonyl (C=O) groups is 1. The topological polar surface area (TPSA) is 89.2 Å². The Morgan fingerprint density at radius 3 is 2.85 bits per heavy atom. The second-order valence-corrected chi connectivity index (χ2v) is 7.41. The van der Waals surface area contributed by atoms with Gasteiger partial charge in [0.05, 0.1) is 19.7 Å². The lowest BCUT2D eigenvalue weighted by atomic mass is 10.0. The summed E-state index contributed by atoms with van der Waals surface area (Å²) in [6.45, 7) is 6.76.